The normalized spacial score (nSPS) is 11.6. The Balaban J connectivity index is 2.08. The highest BCUT2D eigenvalue weighted by Crippen LogP contribution is 2.26. The molecule has 120 valence electrons. The van der Waals surface area contributed by atoms with E-state index in [4.69, 9.17) is 0 Å². The van der Waals surface area contributed by atoms with Crippen LogP contribution in [0.5, 0.6) is 0 Å². The van der Waals surface area contributed by atoms with Crippen LogP contribution in [0.2, 0.25) is 0 Å². The monoisotopic (exact) mass is 332 g/mol. The molecule has 0 saturated carbocycles. The van der Waals surface area contributed by atoms with Crippen molar-refractivity contribution < 1.29 is 8.42 Å². The number of nitrogens with one attached hydrogen (secondary N) is 1. The number of anilines is 1. The highest BCUT2D eigenvalue weighted by atomic mass is 32.2. The quantitative estimate of drug-likeness (QED) is 0.765. The zero-order chi connectivity index (χ0) is 16.4. The Morgan fingerprint density at radius 2 is 1.78 bits per heavy atom. The maximum absolute atomic E-state index is 12.6. The first kappa shape index (κ1) is 15.2. The molecule has 9 heteroatoms. The van der Waals surface area contributed by atoms with Gasteiger partial charge in [0.25, 0.3) is 10.0 Å². The van der Waals surface area contributed by atoms with Gasteiger partial charge in [0.15, 0.2) is 5.82 Å². The fourth-order valence-corrected chi connectivity index (χ4v) is 3.38. The van der Waals surface area contributed by atoms with Crippen LogP contribution in [-0.4, -0.2) is 33.0 Å². The number of hydrogen-bond acceptors (Lipinski definition) is 5. The molecule has 0 spiro atoms. The summed E-state index contributed by atoms with van der Waals surface area (Å²) in [5, 5.41) is 11.9. The highest BCUT2D eigenvalue weighted by Gasteiger charge is 2.22. The summed E-state index contributed by atoms with van der Waals surface area (Å²) in [6.07, 6.45) is 2.95. The summed E-state index contributed by atoms with van der Waals surface area (Å²) in [6, 6.07) is 8.21. The molecule has 3 aromatic rings. The minimum absolute atomic E-state index is 0.193. The topological polar surface area (TPSA) is 94.7 Å². The fraction of sp³-hybridized carbons (Fsp3) is 0.214. The van der Waals surface area contributed by atoms with Gasteiger partial charge in [-0.2, -0.15) is 5.10 Å². The SMILES string of the molecule is CCn1nc(-n2cnnc2)c(NS(=O)(=O)c2ccccc2)c1C. The van der Waals surface area contributed by atoms with Crippen molar-refractivity contribution in [1.82, 2.24) is 24.5 Å². The first-order chi connectivity index (χ1) is 11.0. The summed E-state index contributed by atoms with van der Waals surface area (Å²) in [5.74, 6) is 0.439. The van der Waals surface area contributed by atoms with Crippen molar-refractivity contribution in [1.29, 1.82) is 0 Å². The maximum atomic E-state index is 12.6. The largest absolute Gasteiger partial charge is 0.274 e. The molecule has 0 bridgehead atoms. The maximum Gasteiger partial charge on any atom is 0.262 e. The van der Waals surface area contributed by atoms with Gasteiger partial charge in [-0.25, -0.2) is 8.42 Å². The second-order valence-corrected chi connectivity index (χ2v) is 6.57. The number of aromatic nitrogens is 5. The standard InChI is InChI=1S/C14H16N6O2S/c1-3-20-11(2)13(14(17-20)19-9-15-16-10-19)18-23(21,22)12-7-5-4-6-8-12/h4-10,18H,3H2,1-2H3. The Hall–Kier alpha value is -2.68. The first-order valence-electron chi connectivity index (χ1n) is 7.03. The molecule has 0 atom stereocenters. The Kier molecular flexibility index (Phi) is 3.87. The van der Waals surface area contributed by atoms with Gasteiger partial charge in [-0.05, 0) is 26.0 Å². The lowest BCUT2D eigenvalue weighted by Crippen LogP contribution is -2.14. The molecule has 0 aliphatic heterocycles. The molecule has 0 radical (unpaired) electrons. The van der Waals surface area contributed by atoms with Crippen LogP contribution in [0.3, 0.4) is 0 Å². The van der Waals surface area contributed by atoms with Crippen LogP contribution < -0.4 is 4.72 Å². The van der Waals surface area contributed by atoms with Crippen LogP contribution in [0.25, 0.3) is 5.82 Å². The van der Waals surface area contributed by atoms with Crippen molar-refractivity contribution in [2.45, 2.75) is 25.3 Å². The lowest BCUT2D eigenvalue weighted by Gasteiger charge is -2.09. The van der Waals surface area contributed by atoms with Crippen molar-refractivity contribution in [2.75, 3.05) is 4.72 Å². The van der Waals surface area contributed by atoms with Crippen LogP contribution in [-0.2, 0) is 16.6 Å². The molecule has 2 aromatic heterocycles. The average molecular weight is 332 g/mol. The predicted molar refractivity (Wildman–Crippen MR) is 84.8 cm³/mol. The van der Waals surface area contributed by atoms with Crippen molar-refractivity contribution in [2.24, 2.45) is 0 Å². The zero-order valence-corrected chi connectivity index (χ0v) is 13.5. The van der Waals surface area contributed by atoms with Gasteiger partial charge in [0.05, 0.1) is 10.6 Å². The van der Waals surface area contributed by atoms with Crippen LogP contribution >= 0.6 is 0 Å². The van der Waals surface area contributed by atoms with Gasteiger partial charge in [-0.1, -0.05) is 18.2 Å². The lowest BCUT2D eigenvalue weighted by atomic mass is 10.4. The molecule has 0 saturated heterocycles. The third kappa shape index (κ3) is 2.82. The Bertz CT molecular complexity index is 900. The summed E-state index contributed by atoms with van der Waals surface area (Å²) in [4.78, 5) is 0.193. The smallest absolute Gasteiger partial charge is 0.262 e. The molecule has 1 aromatic carbocycles. The zero-order valence-electron chi connectivity index (χ0n) is 12.7. The molecule has 0 aliphatic rings. The van der Waals surface area contributed by atoms with E-state index in [1.54, 1.807) is 39.6 Å². The van der Waals surface area contributed by atoms with E-state index >= 15 is 0 Å². The van der Waals surface area contributed by atoms with Crippen LogP contribution in [0.15, 0.2) is 47.9 Å². The van der Waals surface area contributed by atoms with Crippen LogP contribution in [0.1, 0.15) is 12.6 Å². The van der Waals surface area contributed by atoms with E-state index < -0.39 is 10.0 Å². The number of rotatable bonds is 5. The van der Waals surface area contributed by atoms with E-state index in [9.17, 15) is 8.42 Å². The number of nitrogens with zero attached hydrogens (tertiary/aromatic N) is 5. The van der Waals surface area contributed by atoms with E-state index in [1.165, 1.54) is 12.7 Å². The summed E-state index contributed by atoms with van der Waals surface area (Å²) in [6.45, 7) is 4.37. The fourth-order valence-electron chi connectivity index (χ4n) is 2.24. The van der Waals surface area contributed by atoms with Gasteiger partial charge >= 0.3 is 0 Å². The molecule has 0 amide bonds. The van der Waals surface area contributed by atoms with Crippen LogP contribution in [0, 0.1) is 6.92 Å². The Morgan fingerprint density at radius 3 is 2.39 bits per heavy atom. The van der Waals surface area contributed by atoms with E-state index in [1.807, 2.05) is 13.8 Å². The number of sulfonamides is 1. The second kappa shape index (κ2) is 5.84. The van der Waals surface area contributed by atoms with Gasteiger partial charge in [-0.15, -0.1) is 10.2 Å². The van der Waals surface area contributed by atoms with E-state index in [0.29, 0.717) is 18.1 Å². The summed E-state index contributed by atoms with van der Waals surface area (Å²) >= 11 is 0. The Labute approximate surface area is 133 Å². The molecule has 1 N–H and O–H groups in total. The van der Waals surface area contributed by atoms with Gasteiger partial charge in [0.1, 0.15) is 18.3 Å². The van der Waals surface area contributed by atoms with Crippen molar-refractivity contribution in [3.63, 3.8) is 0 Å². The third-order valence-electron chi connectivity index (χ3n) is 3.44. The van der Waals surface area contributed by atoms with Crippen molar-refractivity contribution in [3.05, 3.63) is 48.7 Å². The molecular weight excluding hydrogens is 316 g/mol. The lowest BCUT2D eigenvalue weighted by molar-refractivity contribution is 0.601. The minimum Gasteiger partial charge on any atom is -0.274 e. The molecule has 0 aliphatic carbocycles. The summed E-state index contributed by atoms with van der Waals surface area (Å²) < 4.78 is 31.1. The van der Waals surface area contributed by atoms with Crippen molar-refractivity contribution >= 4 is 15.7 Å². The minimum atomic E-state index is -3.70. The van der Waals surface area contributed by atoms with Gasteiger partial charge in [0.2, 0.25) is 0 Å². The number of hydrogen-bond donors (Lipinski definition) is 1. The van der Waals surface area contributed by atoms with Crippen LogP contribution in [0.4, 0.5) is 5.69 Å². The molecule has 0 fully saturated rings. The molecule has 8 nitrogen and oxygen atoms in total. The number of aryl methyl sites for hydroxylation is 1. The number of benzene rings is 1. The third-order valence-corrected chi connectivity index (χ3v) is 4.81. The molecule has 3 rings (SSSR count). The summed E-state index contributed by atoms with van der Waals surface area (Å²) in [5.41, 5.74) is 1.13. The molecular formula is C14H16N6O2S. The summed E-state index contributed by atoms with van der Waals surface area (Å²) in [7, 11) is -3.70. The molecule has 23 heavy (non-hydrogen) atoms. The van der Waals surface area contributed by atoms with Gasteiger partial charge in [-0.3, -0.25) is 14.0 Å². The molecule has 0 unspecified atom stereocenters. The van der Waals surface area contributed by atoms with Gasteiger partial charge < -0.3 is 0 Å². The van der Waals surface area contributed by atoms with Crippen molar-refractivity contribution in [3.8, 4) is 5.82 Å². The van der Waals surface area contributed by atoms with E-state index in [-0.39, 0.29) is 4.90 Å². The second-order valence-electron chi connectivity index (χ2n) is 4.89. The van der Waals surface area contributed by atoms with Gasteiger partial charge in [0, 0.05) is 6.54 Å². The van der Waals surface area contributed by atoms with E-state index in [2.05, 4.69) is 20.0 Å². The predicted octanol–water partition coefficient (Wildman–Crippen LogP) is 1.59. The van der Waals surface area contributed by atoms with E-state index in [0.717, 1.165) is 5.69 Å². The average Bonchev–Trinajstić information content (AvgIpc) is 3.17. The first-order valence-corrected chi connectivity index (χ1v) is 8.51. The highest BCUT2D eigenvalue weighted by molar-refractivity contribution is 7.92. The molecule has 2 heterocycles. The Morgan fingerprint density at radius 1 is 1.13 bits per heavy atom.